The van der Waals surface area contributed by atoms with Crippen molar-refractivity contribution in [2.45, 2.75) is 71.6 Å². The van der Waals surface area contributed by atoms with Crippen LogP contribution in [-0.2, 0) is 32.0 Å². The van der Waals surface area contributed by atoms with Crippen LogP contribution in [0.3, 0.4) is 0 Å². The van der Waals surface area contributed by atoms with Crippen molar-refractivity contribution in [3.05, 3.63) is 99.3 Å². The Bertz CT molecular complexity index is 2770. The van der Waals surface area contributed by atoms with Crippen LogP contribution in [0.2, 0.25) is 10.0 Å². The second-order valence-electron chi connectivity index (χ2n) is 18.3. The summed E-state index contributed by atoms with van der Waals surface area (Å²) in [6.45, 7) is 13.8. The molecule has 4 bridgehead atoms. The molecule has 3 aliphatic heterocycles. The number of methoxy groups -OCH3 is 2. The van der Waals surface area contributed by atoms with Gasteiger partial charge in [-0.25, -0.2) is 24.1 Å². The molecule has 15 nitrogen and oxygen atoms in total. The number of ether oxygens (including phenoxy) is 8. The number of carbonyl (C=O) groups excluding carboxylic acids is 1. The number of esters is 1. The first-order chi connectivity index (χ1) is 33.6. The van der Waals surface area contributed by atoms with Gasteiger partial charge in [-0.15, -0.1) is 11.3 Å². The van der Waals surface area contributed by atoms with Crippen LogP contribution in [0.25, 0.3) is 31.8 Å². The zero-order chi connectivity index (χ0) is 49.7. The Balaban J connectivity index is 1.27. The predicted molar refractivity (Wildman–Crippen MR) is 267 cm³/mol. The summed E-state index contributed by atoms with van der Waals surface area (Å²) in [4.78, 5) is 38.7. The predicted octanol–water partition coefficient (Wildman–Crippen LogP) is 9.22. The van der Waals surface area contributed by atoms with Crippen molar-refractivity contribution in [3.63, 3.8) is 0 Å². The number of carbonyl (C=O) groups is 1. The molecule has 0 radical (unpaired) electrons. The number of rotatable bonds is 13. The SMILES string of the molecule is COCC(COC)Oc1nccc(COc2ccc3cc2C[C@H](C(=O)OC(C)(C)C)Oc2ncnc4sc(-c5ccc(F)cc5)c(c24)-c2c(C)c(Cl)c(c(Cl)c2C)O[C@H](CN2CCN(C)CC2)CO3)n1. The summed E-state index contributed by atoms with van der Waals surface area (Å²) >= 11 is 16.1. The molecule has 0 saturated carbocycles. The monoisotopic (exact) mass is 1020 g/mol. The third-order valence-corrected chi connectivity index (χ3v) is 13.9. The number of hydrogen-bond donors (Lipinski definition) is 0. The van der Waals surface area contributed by atoms with E-state index in [2.05, 4.69) is 31.8 Å². The van der Waals surface area contributed by atoms with Crippen LogP contribution < -0.4 is 23.7 Å². The summed E-state index contributed by atoms with van der Waals surface area (Å²) in [6, 6.07) is 13.5. The number of hydrogen-bond acceptors (Lipinski definition) is 16. The summed E-state index contributed by atoms with van der Waals surface area (Å²) in [6.07, 6.45) is 0.672. The second kappa shape index (κ2) is 22.4. The molecule has 70 heavy (non-hydrogen) atoms. The van der Waals surface area contributed by atoms with Gasteiger partial charge in [-0.3, -0.25) is 4.90 Å². The van der Waals surface area contributed by atoms with Crippen LogP contribution >= 0.6 is 34.5 Å². The van der Waals surface area contributed by atoms with Crippen molar-refractivity contribution in [2.75, 3.05) is 73.8 Å². The molecule has 372 valence electrons. The maximum absolute atomic E-state index is 14.5. The molecule has 6 aromatic rings. The number of piperazine rings is 1. The Morgan fingerprint density at radius 3 is 2.33 bits per heavy atom. The van der Waals surface area contributed by atoms with E-state index in [4.69, 9.17) is 66.1 Å². The smallest absolute Gasteiger partial charge is 0.348 e. The normalized spacial score (nSPS) is 16.9. The average Bonchev–Trinajstić information content (AvgIpc) is 3.71. The lowest BCUT2D eigenvalue weighted by molar-refractivity contribution is -0.163. The summed E-state index contributed by atoms with van der Waals surface area (Å²) in [7, 11) is 5.26. The lowest BCUT2D eigenvalue weighted by atomic mass is 9.92. The Labute approximate surface area is 421 Å². The van der Waals surface area contributed by atoms with Gasteiger partial charge in [-0.1, -0.05) is 35.3 Å². The quantitative estimate of drug-likeness (QED) is 0.101. The Hall–Kier alpha value is -5.40. The molecule has 19 heteroatoms. The molecule has 3 aliphatic rings. The molecule has 2 atom stereocenters. The highest BCUT2D eigenvalue weighted by atomic mass is 35.5. The average molecular weight is 1020 g/mol. The highest BCUT2D eigenvalue weighted by Gasteiger charge is 2.34. The molecule has 3 aromatic carbocycles. The van der Waals surface area contributed by atoms with E-state index in [1.807, 2.05) is 19.9 Å². The van der Waals surface area contributed by atoms with Gasteiger partial charge in [0.05, 0.1) is 34.3 Å². The molecular formula is C51H57Cl2FN6O9S. The van der Waals surface area contributed by atoms with Gasteiger partial charge in [-0.2, -0.15) is 4.98 Å². The molecule has 0 amide bonds. The van der Waals surface area contributed by atoms with Crippen molar-refractivity contribution in [2.24, 2.45) is 0 Å². The number of nitrogens with zero attached hydrogens (tertiary/aromatic N) is 6. The Morgan fingerprint density at radius 1 is 0.929 bits per heavy atom. The first-order valence-electron chi connectivity index (χ1n) is 22.9. The van der Waals surface area contributed by atoms with E-state index in [-0.39, 0.29) is 50.6 Å². The molecule has 3 aromatic heterocycles. The van der Waals surface area contributed by atoms with Crippen LogP contribution in [-0.4, -0.2) is 133 Å². The van der Waals surface area contributed by atoms with Crippen LogP contribution in [0.5, 0.6) is 29.1 Å². The minimum absolute atomic E-state index is 0.0125. The highest BCUT2D eigenvalue weighted by Crippen LogP contribution is 2.53. The lowest BCUT2D eigenvalue weighted by Gasteiger charge is -2.35. The van der Waals surface area contributed by atoms with E-state index in [1.165, 1.54) is 29.8 Å². The van der Waals surface area contributed by atoms with Gasteiger partial charge in [0.1, 0.15) is 59.5 Å². The van der Waals surface area contributed by atoms with E-state index < -0.39 is 29.9 Å². The van der Waals surface area contributed by atoms with Crippen molar-refractivity contribution in [1.29, 1.82) is 0 Å². The molecule has 0 aliphatic carbocycles. The topological polar surface area (TPSA) is 149 Å². The zero-order valence-electron chi connectivity index (χ0n) is 40.5. The standard InChI is InChI=1S/C51H57Cl2FN6O9S/c1-29-40-30(2)44(53)45(43(29)52)66-36(23-60-19-17-59(6)18-20-60)27-64-35-13-14-38(65-24-34-15-16-55-50(58-34)67-37(25-62-7)26-63-8)32(21-35)22-39(49(61)69-51(3,4)5)68-47-42-41(40)46(70-48(42)57-28-56-47)31-9-11-33(54)12-10-31/h9-16,21,28,36-37,39H,17-20,22-27H2,1-8H3/t36-,39-/m1/s1. The highest BCUT2D eigenvalue weighted by molar-refractivity contribution is 7.22. The van der Waals surface area contributed by atoms with Gasteiger partial charge in [-0.05, 0) is 100 Å². The third kappa shape index (κ3) is 12.0. The van der Waals surface area contributed by atoms with Crippen molar-refractivity contribution < 1.29 is 47.1 Å². The summed E-state index contributed by atoms with van der Waals surface area (Å²) in [5, 5.41) is 1.12. The number of thiophene rings is 1. The molecule has 1 saturated heterocycles. The maximum Gasteiger partial charge on any atom is 0.348 e. The van der Waals surface area contributed by atoms with E-state index in [1.54, 1.807) is 71.5 Å². The molecule has 0 N–H and O–H groups in total. The minimum Gasteiger partial charge on any atom is -0.490 e. The summed E-state index contributed by atoms with van der Waals surface area (Å²) in [5.74, 6) is 0.301. The Morgan fingerprint density at radius 2 is 1.64 bits per heavy atom. The molecule has 6 heterocycles. The van der Waals surface area contributed by atoms with Crippen LogP contribution in [0.4, 0.5) is 4.39 Å². The maximum atomic E-state index is 14.5. The lowest BCUT2D eigenvalue weighted by Crippen LogP contribution is -2.49. The number of benzene rings is 3. The first-order valence-corrected chi connectivity index (χ1v) is 24.5. The van der Waals surface area contributed by atoms with E-state index in [0.29, 0.717) is 83.1 Å². The molecule has 9 rings (SSSR count). The van der Waals surface area contributed by atoms with E-state index in [9.17, 15) is 9.18 Å². The fourth-order valence-electron chi connectivity index (χ4n) is 8.38. The van der Waals surface area contributed by atoms with Crippen molar-refractivity contribution >= 4 is 50.7 Å². The fourth-order valence-corrected chi connectivity index (χ4v) is 10.0. The number of aromatic nitrogens is 4. The third-order valence-electron chi connectivity index (χ3n) is 11.8. The van der Waals surface area contributed by atoms with Crippen LogP contribution in [0.1, 0.15) is 43.2 Å². The number of halogens is 3. The summed E-state index contributed by atoms with van der Waals surface area (Å²) in [5.41, 5.74) is 3.59. The van der Waals surface area contributed by atoms with Crippen molar-refractivity contribution in [3.8, 4) is 50.7 Å². The van der Waals surface area contributed by atoms with Crippen LogP contribution in [0.15, 0.2) is 61.1 Å². The second-order valence-corrected chi connectivity index (χ2v) is 20.0. The molecular weight excluding hydrogens is 963 g/mol. The number of fused-ring (bicyclic) bond motifs is 7. The Kier molecular flexibility index (Phi) is 16.3. The van der Waals surface area contributed by atoms with Crippen molar-refractivity contribution in [1.82, 2.24) is 29.7 Å². The van der Waals surface area contributed by atoms with Gasteiger partial charge in [0.25, 0.3) is 0 Å². The molecule has 1 fully saturated rings. The fraction of sp³-hybridized carbons (Fsp3) is 0.431. The van der Waals surface area contributed by atoms with Gasteiger partial charge < -0.3 is 42.8 Å². The summed E-state index contributed by atoms with van der Waals surface area (Å²) < 4.78 is 63.9. The molecule has 0 unspecified atom stereocenters. The van der Waals surface area contributed by atoms with Gasteiger partial charge >= 0.3 is 12.0 Å². The van der Waals surface area contributed by atoms with Gasteiger partial charge in [0, 0.05) is 75.6 Å². The van der Waals surface area contributed by atoms with Gasteiger partial charge in [0.2, 0.25) is 12.0 Å². The first kappa shape index (κ1) is 51.0. The molecule has 0 spiro atoms. The van der Waals surface area contributed by atoms with Gasteiger partial charge in [0.15, 0.2) is 5.75 Å². The zero-order valence-corrected chi connectivity index (χ0v) is 42.8. The minimum atomic E-state index is -1.28. The van der Waals surface area contributed by atoms with Crippen LogP contribution in [0, 0.1) is 19.7 Å². The largest absolute Gasteiger partial charge is 0.490 e. The van der Waals surface area contributed by atoms with E-state index >= 15 is 0 Å². The van der Waals surface area contributed by atoms with E-state index in [0.717, 1.165) is 31.1 Å². The number of likely N-dealkylation sites (N-methyl/N-ethyl adjacent to an activating group) is 1.